The van der Waals surface area contributed by atoms with Crippen molar-refractivity contribution in [2.24, 2.45) is 0 Å². The molecule has 1 unspecified atom stereocenters. The van der Waals surface area contributed by atoms with Crippen LogP contribution >= 0.6 is 0 Å². The topological polar surface area (TPSA) is 29.5 Å². The van der Waals surface area contributed by atoms with Gasteiger partial charge in [-0.3, -0.25) is 0 Å². The maximum Gasteiger partial charge on any atom is 0.147 e. The molecule has 2 aromatic carbocycles. The molecule has 0 amide bonds. The number of aliphatic hydroxyl groups is 1. The normalized spacial score (nSPS) is 12.1. The SMILES string of the molecule is OCC(Oc1ccc(F)cc1)c1ccccc1. The average molecular weight is 232 g/mol. The van der Waals surface area contributed by atoms with E-state index in [-0.39, 0.29) is 12.4 Å². The van der Waals surface area contributed by atoms with Crippen molar-refractivity contribution in [1.29, 1.82) is 0 Å². The van der Waals surface area contributed by atoms with Crippen molar-refractivity contribution in [1.82, 2.24) is 0 Å². The second-order valence-electron chi connectivity index (χ2n) is 3.65. The lowest BCUT2D eigenvalue weighted by Gasteiger charge is -2.17. The first-order valence-electron chi connectivity index (χ1n) is 5.37. The van der Waals surface area contributed by atoms with Crippen molar-refractivity contribution < 1.29 is 14.2 Å². The lowest BCUT2D eigenvalue weighted by Crippen LogP contribution is -2.11. The fourth-order valence-corrected chi connectivity index (χ4v) is 1.56. The van der Waals surface area contributed by atoms with Gasteiger partial charge in [-0.05, 0) is 29.8 Å². The van der Waals surface area contributed by atoms with Crippen LogP contribution in [0, 0.1) is 5.82 Å². The first kappa shape index (κ1) is 11.6. The minimum Gasteiger partial charge on any atom is -0.483 e. The van der Waals surface area contributed by atoms with E-state index in [1.165, 1.54) is 12.1 Å². The Morgan fingerprint density at radius 1 is 1.00 bits per heavy atom. The molecular weight excluding hydrogens is 219 g/mol. The van der Waals surface area contributed by atoms with Gasteiger partial charge in [0.1, 0.15) is 17.7 Å². The molecule has 17 heavy (non-hydrogen) atoms. The second kappa shape index (κ2) is 5.46. The van der Waals surface area contributed by atoms with Crippen molar-refractivity contribution in [3.63, 3.8) is 0 Å². The van der Waals surface area contributed by atoms with Crippen molar-refractivity contribution in [3.8, 4) is 5.75 Å². The molecule has 2 rings (SSSR count). The van der Waals surface area contributed by atoms with E-state index in [0.717, 1.165) is 5.56 Å². The summed E-state index contributed by atoms with van der Waals surface area (Å²) in [7, 11) is 0. The molecule has 0 saturated carbocycles. The molecule has 0 saturated heterocycles. The Bertz CT molecular complexity index is 453. The zero-order chi connectivity index (χ0) is 12.1. The van der Waals surface area contributed by atoms with Crippen LogP contribution < -0.4 is 4.74 Å². The number of aliphatic hydroxyl groups excluding tert-OH is 1. The van der Waals surface area contributed by atoms with E-state index in [9.17, 15) is 9.50 Å². The predicted molar refractivity (Wildman–Crippen MR) is 63.3 cm³/mol. The molecular formula is C14H13FO2. The zero-order valence-electron chi connectivity index (χ0n) is 9.21. The smallest absolute Gasteiger partial charge is 0.147 e. The van der Waals surface area contributed by atoms with Gasteiger partial charge in [0, 0.05) is 0 Å². The van der Waals surface area contributed by atoms with Crippen LogP contribution in [0.4, 0.5) is 4.39 Å². The second-order valence-corrected chi connectivity index (χ2v) is 3.65. The molecule has 1 atom stereocenters. The number of hydrogen-bond donors (Lipinski definition) is 1. The van der Waals surface area contributed by atoms with Crippen molar-refractivity contribution in [2.45, 2.75) is 6.10 Å². The summed E-state index contributed by atoms with van der Waals surface area (Å²) in [5, 5.41) is 9.30. The third-order valence-corrected chi connectivity index (χ3v) is 2.43. The minimum atomic E-state index is -0.429. The van der Waals surface area contributed by atoms with Gasteiger partial charge in [0.05, 0.1) is 6.61 Å². The van der Waals surface area contributed by atoms with Crippen LogP contribution in [-0.2, 0) is 0 Å². The molecule has 0 heterocycles. The molecule has 1 N–H and O–H groups in total. The molecule has 2 nitrogen and oxygen atoms in total. The monoisotopic (exact) mass is 232 g/mol. The van der Waals surface area contributed by atoms with Crippen LogP contribution in [-0.4, -0.2) is 11.7 Å². The van der Waals surface area contributed by atoms with E-state index in [0.29, 0.717) is 5.75 Å². The van der Waals surface area contributed by atoms with Crippen LogP contribution in [0.3, 0.4) is 0 Å². The number of benzene rings is 2. The van der Waals surface area contributed by atoms with Gasteiger partial charge in [0.2, 0.25) is 0 Å². The lowest BCUT2D eigenvalue weighted by molar-refractivity contribution is 0.116. The molecule has 0 aromatic heterocycles. The molecule has 3 heteroatoms. The molecule has 0 bridgehead atoms. The Morgan fingerprint density at radius 2 is 1.65 bits per heavy atom. The lowest BCUT2D eigenvalue weighted by atomic mass is 10.1. The third-order valence-electron chi connectivity index (χ3n) is 2.43. The summed E-state index contributed by atoms with van der Waals surface area (Å²) in [4.78, 5) is 0. The van der Waals surface area contributed by atoms with Crippen molar-refractivity contribution >= 4 is 0 Å². The molecule has 0 spiro atoms. The quantitative estimate of drug-likeness (QED) is 0.878. The summed E-state index contributed by atoms with van der Waals surface area (Å²) in [5.74, 6) is 0.229. The standard InChI is InChI=1S/C14H13FO2/c15-12-6-8-13(9-7-12)17-14(10-16)11-4-2-1-3-5-11/h1-9,14,16H,10H2. The van der Waals surface area contributed by atoms with Gasteiger partial charge in [-0.1, -0.05) is 30.3 Å². The van der Waals surface area contributed by atoms with E-state index >= 15 is 0 Å². The van der Waals surface area contributed by atoms with Gasteiger partial charge in [-0.2, -0.15) is 0 Å². The highest BCUT2D eigenvalue weighted by Crippen LogP contribution is 2.21. The van der Waals surface area contributed by atoms with Crippen LogP contribution in [0.2, 0.25) is 0 Å². The molecule has 0 aliphatic rings. The minimum absolute atomic E-state index is 0.124. The summed E-state index contributed by atoms with van der Waals surface area (Å²) < 4.78 is 18.3. The summed E-state index contributed by atoms with van der Waals surface area (Å²) >= 11 is 0. The largest absolute Gasteiger partial charge is 0.483 e. The summed E-state index contributed by atoms with van der Waals surface area (Å²) in [5.41, 5.74) is 0.888. The Balaban J connectivity index is 2.13. The van der Waals surface area contributed by atoms with E-state index < -0.39 is 6.10 Å². The molecule has 0 radical (unpaired) electrons. The Morgan fingerprint density at radius 3 is 2.24 bits per heavy atom. The highest BCUT2D eigenvalue weighted by molar-refractivity contribution is 5.25. The summed E-state index contributed by atoms with van der Waals surface area (Å²) in [6.45, 7) is -0.124. The zero-order valence-corrected chi connectivity index (χ0v) is 9.21. The van der Waals surface area contributed by atoms with E-state index in [2.05, 4.69) is 0 Å². The van der Waals surface area contributed by atoms with Crippen LogP contribution in [0.25, 0.3) is 0 Å². The van der Waals surface area contributed by atoms with Crippen molar-refractivity contribution in [3.05, 3.63) is 66.0 Å². The van der Waals surface area contributed by atoms with E-state index in [4.69, 9.17) is 4.74 Å². The number of halogens is 1. The molecule has 0 aliphatic carbocycles. The number of rotatable bonds is 4. The number of hydrogen-bond acceptors (Lipinski definition) is 2. The molecule has 2 aromatic rings. The Labute approximate surface area is 99.3 Å². The van der Waals surface area contributed by atoms with Crippen LogP contribution in [0.5, 0.6) is 5.75 Å². The Hall–Kier alpha value is -1.87. The summed E-state index contributed by atoms with van der Waals surface area (Å²) in [6, 6.07) is 15.2. The maximum atomic E-state index is 12.7. The summed E-state index contributed by atoms with van der Waals surface area (Å²) in [6.07, 6.45) is -0.429. The van der Waals surface area contributed by atoms with Gasteiger partial charge in [-0.15, -0.1) is 0 Å². The highest BCUT2D eigenvalue weighted by Gasteiger charge is 2.11. The van der Waals surface area contributed by atoms with Gasteiger partial charge >= 0.3 is 0 Å². The first-order chi connectivity index (χ1) is 8.29. The van der Waals surface area contributed by atoms with Gasteiger partial charge in [0.25, 0.3) is 0 Å². The fraction of sp³-hybridized carbons (Fsp3) is 0.143. The fourth-order valence-electron chi connectivity index (χ4n) is 1.56. The molecule has 0 aliphatic heterocycles. The maximum absolute atomic E-state index is 12.7. The molecule has 88 valence electrons. The van der Waals surface area contributed by atoms with Crippen LogP contribution in [0.1, 0.15) is 11.7 Å². The third kappa shape index (κ3) is 3.04. The first-order valence-corrected chi connectivity index (χ1v) is 5.37. The Kier molecular flexibility index (Phi) is 3.73. The number of ether oxygens (including phenoxy) is 1. The van der Waals surface area contributed by atoms with Crippen molar-refractivity contribution in [2.75, 3.05) is 6.61 Å². The predicted octanol–water partition coefficient (Wildman–Crippen LogP) is 2.94. The van der Waals surface area contributed by atoms with E-state index in [1.54, 1.807) is 12.1 Å². The molecule has 0 fully saturated rings. The van der Waals surface area contributed by atoms with Gasteiger partial charge in [0.15, 0.2) is 0 Å². The van der Waals surface area contributed by atoms with Crippen LogP contribution in [0.15, 0.2) is 54.6 Å². The highest BCUT2D eigenvalue weighted by atomic mass is 19.1. The average Bonchev–Trinajstić information content (AvgIpc) is 2.39. The van der Waals surface area contributed by atoms with Gasteiger partial charge < -0.3 is 9.84 Å². The van der Waals surface area contributed by atoms with Gasteiger partial charge in [-0.25, -0.2) is 4.39 Å². The van der Waals surface area contributed by atoms with E-state index in [1.807, 2.05) is 30.3 Å².